The SMILES string of the molecule is CC(C)C[C@@H]1C[C@@H](OC(C)(C)C)C=CO1. The maximum atomic E-state index is 5.92. The van der Waals surface area contributed by atoms with E-state index in [0.717, 1.165) is 12.8 Å². The Balaban J connectivity index is 2.42. The molecule has 0 fully saturated rings. The summed E-state index contributed by atoms with van der Waals surface area (Å²) < 4.78 is 11.5. The molecule has 2 heteroatoms. The van der Waals surface area contributed by atoms with Crippen LogP contribution in [0.25, 0.3) is 0 Å². The number of hydrogen-bond donors (Lipinski definition) is 0. The molecule has 88 valence electrons. The molecule has 1 heterocycles. The van der Waals surface area contributed by atoms with E-state index in [0.29, 0.717) is 12.0 Å². The van der Waals surface area contributed by atoms with Crippen LogP contribution in [0, 0.1) is 5.92 Å². The van der Waals surface area contributed by atoms with Gasteiger partial charge in [0.1, 0.15) is 6.10 Å². The maximum Gasteiger partial charge on any atom is 0.101 e. The fourth-order valence-electron chi connectivity index (χ4n) is 1.86. The molecule has 2 nitrogen and oxygen atoms in total. The Morgan fingerprint density at radius 1 is 1.40 bits per heavy atom. The summed E-state index contributed by atoms with van der Waals surface area (Å²) in [6, 6.07) is 0. The van der Waals surface area contributed by atoms with Gasteiger partial charge in [-0.05, 0) is 39.2 Å². The quantitative estimate of drug-likeness (QED) is 0.712. The molecular formula is C13H24O2. The summed E-state index contributed by atoms with van der Waals surface area (Å²) in [5.41, 5.74) is -0.0747. The van der Waals surface area contributed by atoms with Crippen molar-refractivity contribution in [1.29, 1.82) is 0 Å². The van der Waals surface area contributed by atoms with Crippen LogP contribution in [0.15, 0.2) is 12.3 Å². The average molecular weight is 212 g/mol. The van der Waals surface area contributed by atoms with Gasteiger partial charge in [-0.1, -0.05) is 13.8 Å². The predicted octanol–water partition coefficient (Wildman–Crippen LogP) is 3.52. The second-order valence-corrected chi connectivity index (χ2v) is 5.72. The molecule has 0 unspecified atom stereocenters. The Labute approximate surface area is 93.7 Å². The van der Waals surface area contributed by atoms with Crippen LogP contribution < -0.4 is 0 Å². The third kappa shape index (κ3) is 5.22. The zero-order valence-corrected chi connectivity index (χ0v) is 10.6. The van der Waals surface area contributed by atoms with Crippen LogP contribution in [0.2, 0.25) is 0 Å². The van der Waals surface area contributed by atoms with Crippen molar-refractivity contribution in [3.8, 4) is 0 Å². The third-order valence-electron chi connectivity index (χ3n) is 2.30. The molecule has 0 radical (unpaired) electrons. The van der Waals surface area contributed by atoms with E-state index in [2.05, 4.69) is 34.6 Å². The molecule has 0 aromatic carbocycles. The molecule has 0 N–H and O–H groups in total. The highest BCUT2D eigenvalue weighted by molar-refractivity contribution is 4.93. The van der Waals surface area contributed by atoms with E-state index >= 15 is 0 Å². The second-order valence-electron chi connectivity index (χ2n) is 5.72. The molecule has 0 aliphatic carbocycles. The summed E-state index contributed by atoms with van der Waals surface area (Å²) >= 11 is 0. The highest BCUT2D eigenvalue weighted by atomic mass is 16.5. The topological polar surface area (TPSA) is 18.5 Å². The van der Waals surface area contributed by atoms with Crippen LogP contribution in [-0.2, 0) is 9.47 Å². The van der Waals surface area contributed by atoms with E-state index in [9.17, 15) is 0 Å². The monoisotopic (exact) mass is 212 g/mol. The van der Waals surface area contributed by atoms with Gasteiger partial charge in [0, 0.05) is 6.42 Å². The van der Waals surface area contributed by atoms with Gasteiger partial charge in [0.2, 0.25) is 0 Å². The van der Waals surface area contributed by atoms with Gasteiger partial charge in [0.25, 0.3) is 0 Å². The van der Waals surface area contributed by atoms with Crippen molar-refractivity contribution in [2.75, 3.05) is 0 Å². The van der Waals surface area contributed by atoms with Crippen molar-refractivity contribution in [1.82, 2.24) is 0 Å². The zero-order chi connectivity index (χ0) is 11.5. The summed E-state index contributed by atoms with van der Waals surface area (Å²) in [6.07, 6.45) is 6.43. The van der Waals surface area contributed by atoms with Crippen LogP contribution in [0.4, 0.5) is 0 Å². The first-order valence-electron chi connectivity index (χ1n) is 5.87. The fourth-order valence-corrected chi connectivity index (χ4v) is 1.86. The van der Waals surface area contributed by atoms with Gasteiger partial charge < -0.3 is 9.47 Å². The van der Waals surface area contributed by atoms with Gasteiger partial charge >= 0.3 is 0 Å². The Bertz CT molecular complexity index is 213. The van der Waals surface area contributed by atoms with Gasteiger partial charge in [-0.25, -0.2) is 0 Å². The third-order valence-corrected chi connectivity index (χ3v) is 2.30. The summed E-state index contributed by atoms with van der Waals surface area (Å²) in [6.45, 7) is 10.7. The lowest BCUT2D eigenvalue weighted by Crippen LogP contribution is -2.32. The molecule has 1 aliphatic rings. The number of ether oxygens (including phenoxy) is 2. The highest BCUT2D eigenvalue weighted by Crippen LogP contribution is 2.23. The smallest absolute Gasteiger partial charge is 0.101 e. The van der Waals surface area contributed by atoms with Crippen molar-refractivity contribution in [3.63, 3.8) is 0 Å². The van der Waals surface area contributed by atoms with E-state index < -0.39 is 0 Å². The van der Waals surface area contributed by atoms with Gasteiger partial charge in [-0.3, -0.25) is 0 Å². The van der Waals surface area contributed by atoms with Crippen LogP contribution in [0.1, 0.15) is 47.5 Å². The van der Waals surface area contributed by atoms with Crippen molar-refractivity contribution in [3.05, 3.63) is 12.3 Å². The van der Waals surface area contributed by atoms with Crippen LogP contribution in [0.5, 0.6) is 0 Å². The maximum absolute atomic E-state index is 5.92. The van der Waals surface area contributed by atoms with Crippen molar-refractivity contribution < 1.29 is 9.47 Å². The van der Waals surface area contributed by atoms with Gasteiger partial charge in [0.05, 0.1) is 18.0 Å². The predicted molar refractivity (Wildman–Crippen MR) is 62.7 cm³/mol. The lowest BCUT2D eigenvalue weighted by molar-refractivity contribution is -0.0680. The molecule has 15 heavy (non-hydrogen) atoms. The van der Waals surface area contributed by atoms with Gasteiger partial charge in [-0.2, -0.15) is 0 Å². The number of hydrogen-bond acceptors (Lipinski definition) is 2. The zero-order valence-electron chi connectivity index (χ0n) is 10.6. The van der Waals surface area contributed by atoms with Crippen LogP contribution in [-0.4, -0.2) is 17.8 Å². The summed E-state index contributed by atoms with van der Waals surface area (Å²) in [5, 5.41) is 0. The normalized spacial score (nSPS) is 26.8. The molecule has 2 atom stereocenters. The molecule has 1 rings (SSSR count). The first-order valence-corrected chi connectivity index (χ1v) is 5.87. The molecule has 0 saturated heterocycles. The second kappa shape index (κ2) is 5.02. The van der Waals surface area contributed by atoms with E-state index in [1.165, 1.54) is 0 Å². The molecule has 0 saturated carbocycles. The molecule has 1 aliphatic heterocycles. The standard InChI is InChI=1S/C13H24O2/c1-10(2)8-12-9-11(6-7-14-12)15-13(3,4)5/h6-7,10-12H,8-9H2,1-5H3/t11-,12+/m0/s1. The van der Waals surface area contributed by atoms with Crippen molar-refractivity contribution in [2.24, 2.45) is 5.92 Å². The van der Waals surface area contributed by atoms with E-state index in [1.807, 2.05) is 6.08 Å². The van der Waals surface area contributed by atoms with E-state index in [1.54, 1.807) is 6.26 Å². The Morgan fingerprint density at radius 2 is 2.07 bits per heavy atom. The van der Waals surface area contributed by atoms with E-state index in [-0.39, 0.29) is 11.7 Å². The molecule has 0 amide bonds. The van der Waals surface area contributed by atoms with Crippen molar-refractivity contribution in [2.45, 2.75) is 65.3 Å². The minimum atomic E-state index is -0.0747. The largest absolute Gasteiger partial charge is 0.498 e. The minimum Gasteiger partial charge on any atom is -0.498 e. The Kier molecular flexibility index (Phi) is 4.21. The fraction of sp³-hybridized carbons (Fsp3) is 0.846. The molecule has 0 aromatic rings. The lowest BCUT2D eigenvalue weighted by Gasteiger charge is -2.31. The molecular weight excluding hydrogens is 188 g/mol. The van der Waals surface area contributed by atoms with Crippen LogP contribution in [0.3, 0.4) is 0 Å². The summed E-state index contributed by atoms with van der Waals surface area (Å²) in [7, 11) is 0. The lowest BCUT2D eigenvalue weighted by atomic mass is 9.99. The minimum absolute atomic E-state index is 0.0747. The molecule has 0 aromatic heterocycles. The van der Waals surface area contributed by atoms with Crippen molar-refractivity contribution >= 4 is 0 Å². The molecule has 0 spiro atoms. The van der Waals surface area contributed by atoms with Crippen LogP contribution >= 0.6 is 0 Å². The highest BCUT2D eigenvalue weighted by Gasteiger charge is 2.24. The van der Waals surface area contributed by atoms with Gasteiger partial charge in [-0.15, -0.1) is 0 Å². The van der Waals surface area contributed by atoms with Gasteiger partial charge in [0.15, 0.2) is 0 Å². The Morgan fingerprint density at radius 3 is 2.60 bits per heavy atom. The number of rotatable bonds is 3. The summed E-state index contributed by atoms with van der Waals surface area (Å²) in [4.78, 5) is 0. The molecule has 0 bridgehead atoms. The first-order chi connectivity index (χ1) is 6.87. The summed E-state index contributed by atoms with van der Waals surface area (Å²) in [5.74, 6) is 0.678. The first kappa shape index (κ1) is 12.6. The average Bonchev–Trinajstić information content (AvgIpc) is 1.99. The van der Waals surface area contributed by atoms with E-state index in [4.69, 9.17) is 9.47 Å². The Hall–Kier alpha value is -0.500.